The van der Waals surface area contributed by atoms with Gasteiger partial charge in [-0.05, 0) is 18.2 Å². The predicted octanol–water partition coefficient (Wildman–Crippen LogP) is 3.78. The highest BCUT2D eigenvalue weighted by molar-refractivity contribution is 6.04. The first-order chi connectivity index (χ1) is 12.6. The van der Waals surface area contributed by atoms with Crippen molar-refractivity contribution in [1.29, 1.82) is 0 Å². The maximum Gasteiger partial charge on any atom is 0.258 e. The number of halogens is 2. The lowest BCUT2D eigenvalue weighted by Gasteiger charge is -2.10. The highest BCUT2D eigenvalue weighted by Crippen LogP contribution is 2.25. The third-order valence-electron chi connectivity index (χ3n) is 3.30. The zero-order valence-electron chi connectivity index (χ0n) is 13.2. The number of benzene rings is 2. The zero-order chi connectivity index (χ0) is 18.5. The van der Waals surface area contributed by atoms with E-state index < -0.39 is 17.5 Å². The van der Waals surface area contributed by atoms with E-state index >= 15 is 0 Å². The second-order valence-electron chi connectivity index (χ2n) is 5.12. The Kier molecular flexibility index (Phi) is 4.85. The molecule has 0 atom stereocenters. The molecule has 0 aliphatic carbocycles. The Hall–Kier alpha value is -3.79. The van der Waals surface area contributed by atoms with Crippen LogP contribution in [0.2, 0.25) is 0 Å². The standard InChI is InChI=1S/C19H11F2N3O2/c1-2-12-4-3-5-17(18(12)21)19(25)24-14-6-13(20)7-15(8-14)26-16-9-22-11-23-10-16/h1,3-11H,(H,24,25). The number of carbonyl (C=O) groups excluding carboxylic acids is 1. The molecule has 3 rings (SSSR count). The van der Waals surface area contributed by atoms with Crippen molar-refractivity contribution in [2.75, 3.05) is 5.32 Å². The third kappa shape index (κ3) is 3.82. The van der Waals surface area contributed by atoms with Gasteiger partial charge in [0.1, 0.15) is 17.9 Å². The third-order valence-corrected chi connectivity index (χ3v) is 3.30. The van der Waals surface area contributed by atoms with Gasteiger partial charge in [0.2, 0.25) is 0 Å². The quantitative estimate of drug-likeness (QED) is 0.727. The first-order valence-electron chi connectivity index (χ1n) is 7.37. The number of terminal acetylenes is 1. The molecule has 1 N–H and O–H groups in total. The van der Waals surface area contributed by atoms with Gasteiger partial charge in [0.05, 0.1) is 23.5 Å². The van der Waals surface area contributed by atoms with E-state index in [0.29, 0.717) is 5.75 Å². The van der Waals surface area contributed by atoms with Crippen LogP contribution in [0.25, 0.3) is 0 Å². The van der Waals surface area contributed by atoms with Crippen molar-refractivity contribution in [1.82, 2.24) is 9.97 Å². The smallest absolute Gasteiger partial charge is 0.258 e. The number of aromatic nitrogens is 2. The summed E-state index contributed by atoms with van der Waals surface area (Å²) in [7, 11) is 0. The van der Waals surface area contributed by atoms with Gasteiger partial charge in [-0.25, -0.2) is 18.7 Å². The first-order valence-corrected chi connectivity index (χ1v) is 7.37. The topological polar surface area (TPSA) is 64.1 Å². The van der Waals surface area contributed by atoms with Crippen LogP contribution >= 0.6 is 0 Å². The molecular formula is C19H11F2N3O2. The molecular weight excluding hydrogens is 340 g/mol. The summed E-state index contributed by atoms with van der Waals surface area (Å²) < 4.78 is 33.4. The number of rotatable bonds is 4. The van der Waals surface area contributed by atoms with E-state index in [2.05, 4.69) is 21.2 Å². The van der Waals surface area contributed by atoms with Gasteiger partial charge >= 0.3 is 0 Å². The van der Waals surface area contributed by atoms with Crippen molar-refractivity contribution in [3.8, 4) is 23.8 Å². The number of nitrogens with one attached hydrogen (secondary N) is 1. The van der Waals surface area contributed by atoms with Crippen LogP contribution in [0, 0.1) is 24.0 Å². The molecule has 0 spiro atoms. The molecule has 0 radical (unpaired) electrons. The second kappa shape index (κ2) is 7.40. The monoisotopic (exact) mass is 351 g/mol. The summed E-state index contributed by atoms with van der Waals surface area (Å²) in [5.41, 5.74) is -0.194. The fraction of sp³-hybridized carbons (Fsp3) is 0. The van der Waals surface area contributed by atoms with Crippen molar-refractivity contribution >= 4 is 11.6 Å². The molecule has 2 aromatic carbocycles. The molecule has 0 bridgehead atoms. The largest absolute Gasteiger partial charge is 0.454 e. The number of hydrogen-bond acceptors (Lipinski definition) is 4. The van der Waals surface area contributed by atoms with E-state index in [1.165, 1.54) is 43.0 Å². The molecule has 128 valence electrons. The van der Waals surface area contributed by atoms with Gasteiger partial charge in [-0.15, -0.1) is 6.42 Å². The van der Waals surface area contributed by atoms with Crippen LogP contribution in [0.4, 0.5) is 14.5 Å². The molecule has 26 heavy (non-hydrogen) atoms. The molecule has 0 aliphatic heterocycles. The maximum atomic E-state index is 14.2. The summed E-state index contributed by atoms with van der Waals surface area (Å²) in [5, 5.41) is 2.42. The van der Waals surface area contributed by atoms with Crippen LogP contribution in [-0.2, 0) is 0 Å². The number of ether oxygens (including phenoxy) is 1. The summed E-state index contributed by atoms with van der Waals surface area (Å²) in [6, 6.07) is 7.71. The maximum absolute atomic E-state index is 14.2. The Morgan fingerprint density at radius 3 is 2.62 bits per heavy atom. The van der Waals surface area contributed by atoms with Crippen LogP contribution < -0.4 is 10.1 Å². The molecule has 0 saturated heterocycles. The Morgan fingerprint density at radius 1 is 1.12 bits per heavy atom. The van der Waals surface area contributed by atoms with E-state index in [0.717, 1.165) is 12.1 Å². The first kappa shape index (κ1) is 17.0. The van der Waals surface area contributed by atoms with Crippen molar-refractivity contribution in [3.63, 3.8) is 0 Å². The Morgan fingerprint density at radius 2 is 1.88 bits per heavy atom. The van der Waals surface area contributed by atoms with Gasteiger partial charge in [0.25, 0.3) is 5.91 Å². The lowest BCUT2D eigenvalue weighted by molar-refractivity contribution is 0.102. The summed E-state index contributed by atoms with van der Waals surface area (Å²) in [6.45, 7) is 0. The van der Waals surface area contributed by atoms with Crippen LogP contribution in [0.15, 0.2) is 55.1 Å². The molecule has 1 amide bonds. The second-order valence-corrected chi connectivity index (χ2v) is 5.12. The highest BCUT2D eigenvalue weighted by atomic mass is 19.1. The number of carbonyl (C=O) groups is 1. The summed E-state index contributed by atoms with van der Waals surface area (Å²) in [5.74, 6) is 0.338. The molecule has 1 heterocycles. The van der Waals surface area contributed by atoms with Gasteiger partial charge < -0.3 is 10.1 Å². The van der Waals surface area contributed by atoms with Gasteiger partial charge in [-0.3, -0.25) is 4.79 Å². The van der Waals surface area contributed by atoms with Crippen molar-refractivity contribution in [3.05, 3.63) is 77.9 Å². The van der Waals surface area contributed by atoms with Crippen molar-refractivity contribution in [2.45, 2.75) is 0 Å². The van der Waals surface area contributed by atoms with Crippen molar-refractivity contribution < 1.29 is 18.3 Å². The van der Waals surface area contributed by atoms with Crippen LogP contribution in [0.3, 0.4) is 0 Å². The lowest BCUT2D eigenvalue weighted by Crippen LogP contribution is -2.14. The number of amides is 1. The Bertz CT molecular complexity index is 1000. The van der Waals surface area contributed by atoms with Gasteiger partial charge in [-0.1, -0.05) is 12.0 Å². The fourth-order valence-corrected chi connectivity index (χ4v) is 2.19. The number of anilines is 1. The van der Waals surface area contributed by atoms with Crippen molar-refractivity contribution in [2.24, 2.45) is 0 Å². The molecule has 1 aromatic heterocycles. The SMILES string of the molecule is C#Cc1cccc(C(=O)Nc2cc(F)cc(Oc3cncnc3)c2)c1F. The molecule has 0 fully saturated rings. The lowest BCUT2D eigenvalue weighted by atomic mass is 10.1. The van der Waals surface area contributed by atoms with E-state index in [1.54, 1.807) is 0 Å². The Balaban J connectivity index is 1.84. The number of hydrogen-bond donors (Lipinski definition) is 1. The Labute approximate surface area is 147 Å². The van der Waals surface area contributed by atoms with Gasteiger partial charge in [0, 0.05) is 17.8 Å². The molecule has 5 nitrogen and oxygen atoms in total. The van der Waals surface area contributed by atoms with E-state index in [9.17, 15) is 13.6 Å². The van der Waals surface area contributed by atoms with E-state index in [-0.39, 0.29) is 22.6 Å². The van der Waals surface area contributed by atoms with E-state index in [1.807, 2.05) is 0 Å². The molecule has 0 aliphatic rings. The summed E-state index contributed by atoms with van der Waals surface area (Å²) >= 11 is 0. The van der Waals surface area contributed by atoms with Gasteiger partial charge in [0.15, 0.2) is 11.6 Å². The minimum atomic E-state index is -0.818. The molecule has 0 unspecified atom stereocenters. The highest BCUT2D eigenvalue weighted by Gasteiger charge is 2.15. The average molecular weight is 351 g/mol. The van der Waals surface area contributed by atoms with Crippen LogP contribution in [-0.4, -0.2) is 15.9 Å². The fourth-order valence-electron chi connectivity index (χ4n) is 2.19. The van der Waals surface area contributed by atoms with Crippen LogP contribution in [0.1, 0.15) is 15.9 Å². The minimum Gasteiger partial charge on any atom is -0.454 e. The molecule has 3 aromatic rings. The van der Waals surface area contributed by atoms with E-state index in [4.69, 9.17) is 11.2 Å². The van der Waals surface area contributed by atoms with Crippen LogP contribution in [0.5, 0.6) is 11.5 Å². The van der Waals surface area contributed by atoms with Gasteiger partial charge in [-0.2, -0.15) is 0 Å². The summed E-state index contributed by atoms with van der Waals surface area (Å²) in [6.07, 6.45) is 9.31. The minimum absolute atomic E-state index is 0.0370. The molecule has 0 saturated carbocycles. The average Bonchev–Trinajstić information content (AvgIpc) is 2.62. The summed E-state index contributed by atoms with van der Waals surface area (Å²) in [4.78, 5) is 19.8. The normalized spacial score (nSPS) is 10.0. The number of nitrogens with zero attached hydrogens (tertiary/aromatic N) is 2. The predicted molar refractivity (Wildman–Crippen MR) is 90.8 cm³/mol. The molecule has 7 heteroatoms. The zero-order valence-corrected chi connectivity index (χ0v) is 13.2.